The molecule has 38 heavy (non-hydrogen) atoms. The van der Waals surface area contributed by atoms with Crippen molar-refractivity contribution in [1.82, 2.24) is 20.6 Å². The number of benzene rings is 1. The molecule has 1 aromatic carbocycles. The molecule has 2 heterocycles. The quantitative estimate of drug-likeness (QED) is 0.516. The summed E-state index contributed by atoms with van der Waals surface area (Å²) in [6.45, 7) is 2.50. The number of oxime groups is 1. The molecule has 0 bridgehead atoms. The van der Waals surface area contributed by atoms with Gasteiger partial charge in [0.05, 0.1) is 18.9 Å². The van der Waals surface area contributed by atoms with Crippen molar-refractivity contribution >= 4 is 17.5 Å². The zero-order chi connectivity index (χ0) is 27.1. The van der Waals surface area contributed by atoms with Gasteiger partial charge in [-0.1, -0.05) is 11.2 Å². The first-order valence-electron chi connectivity index (χ1n) is 12.7. The van der Waals surface area contributed by atoms with Crippen LogP contribution in [0.2, 0.25) is 0 Å². The topological polar surface area (TPSA) is 139 Å². The molecule has 1 aliphatic carbocycles. The fraction of sp³-hybridized carbons (Fsp3) is 0.481. The van der Waals surface area contributed by atoms with Gasteiger partial charge >= 0.3 is 0 Å². The molecule has 2 aliphatic rings. The van der Waals surface area contributed by atoms with Gasteiger partial charge in [0.2, 0.25) is 5.91 Å². The van der Waals surface area contributed by atoms with Gasteiger partial charge in [-0.15, -0.1) is 0 Å². The van der Waals surface area contributed by atoms with Gasteiger partial charge in [0.1, 0.15) is 29.8 Å². The van der Waals surface area contributed by atoms with Crippen LogP contribution in [0.25, 0.3) is 0 Å². The van der Waals surface area contributed by atoms with Crippen LogP contribution in [0.1, 0.15) is 66.1 Å². The normalized spacial score (nSPS) is 20.6. The molecule has 1 aromatic heterocycles. The minimum absolute atomic E-state index is 0.0554. The number of aromatic nitrogens is 2. The molecule has 1 aliphatic heterocycles. The number of aryl methyl sites for hydroxylation is 1. The summed E-state index contributed by atoms with van der Waals surface area (Å²) >= 11 is 0. The number of methoxy groups -OCH3 is 1. The number of halogens is 1. The Morgan fingerprint density at radius 3 is 2.71 bits per heavy atom. The lowest BCUT2D eigenvalue weighted by atomic mass is 9.78. The number of hydrogen-bond acceptors (Lipinski definition) is 8. The summed E-state index contributed by atoms with van der Waals surface area (Å²) in [5.74, 6) is 0.234. The first kappa shape index (κ1) is 27.0. The van der Waals surface area contributed by atoms with Gasteiger partial charge in [0.25, 0.3) is 5.91 Å². The van der Waals surface area contributed by atoms with E-state index < -0.39 is 5.82 Å². The Morgan fingerprint density at radius 2 is 1.97 bits per heavy atom. The summed E-state index contributed by atoms with van der Waals surface area (Å²) in [4.78, 5) is 38.9. The number of ether oxygens (including phenoxy) is 1. The van der Waals surface area contributed by atoms with Gasteiger partial charge in [-0.25, -0.2) is 14.4 Å². The number of carbonyl (C=O) groups excluding carboxylic acids is 2. The van der Waals surface area contributed by atoms with Crippen LogP contribution in [0, 0.1) is 35.9 Å². The molecule has 200 valence electrons. The fourth-order valence-electron chi connectivity index (χ4n) is 4.88. The van der Waals surface area contributed by atoms with E-state index in [-0.39, 0.29) is 42.3 Å². The van der Waals surface area contributed by atoms with E-state index in [2.05, 4.69) is 25.8 Å². The number of nitriles is 1. The smallest absolute Gasteiger partial charge is 0.270 e. The highest BCUT2D eigenvalue weighted by atomic mass is 19.1. The molecule has 0 saturated heterocycles. The van der Waals surface area contributed by atoms with Gasteiger partial charge in [-0.3, -0.25) is 9.59 Å². The van der Waals surface area contributed by atoms with Gasteiger partial charge in [-0.2, -0.15) is 5.26 Å². The number of hydrogen-bond donors (Lipinski definition) is 2. The molecule has 4 rings (SSSR count). The van der Waals surface area contributed by atoms with E-state index in [1.165, 1.54) is 19.2 Å². The van der Waals surface area contributed by atoms with Crippen LogP contribution >= 0.6 is 0 Å². The Hall–Kier alpha value is -4.07. The van der Waals surface area contributed by atoms with Crippen LogP contribution in [-0.2, 0) is 16.2 Å². The third-order valence-corrected chi connectivity index (χ3v) is 6.97. The summed E-state index contributed by atoms with van der Waals surface area (Å²) in [6, 6.07) is 7.88. The van der Waals surface area contributed by atoms with E-state index in [0.717, 1.165) is 25.7 Å². The van der Waals surface area contributed by atoms with E-state index in [1.54, 1.807) is 19.1 Å². The van der Waals surface area contributed by atoms with Crippen LogP contribution in [0.4, 0.5) is 4.39 Å². The molecule has 1 unspecified atom stereocenters. The van der Waals surface area contributed by atoms with Gasteiger partial charge in [-0.05, 0) is 68.2 Å². The summed E-state index contributed by atoms with van der Waals surface area (Å²) in [5.41, 5.74) is 2.15. The third kappa shape index (κ3) is 6.82. The maximum Gasteiger partial charge on any atom is 0.270 e. The lowest BCUT2D eigenvalue weighted by molar-refractivity contribution is -0.120. The summed E-state index contributed by atoms with van der Waals surface area (Å²) in [5, 5.41) is 18.5. The highest BCUT2D eigenvalue weighted by molar-refractivity contribution is 6.01. The Bertz CT molecular complexity index is 1250. The second-order valence-corrected chi connectivity index (χ2v) is 9.64. The number of carbonyl (C=O) groups is 2. The molecule has 0 radical (unpaired) electrons. The van der Waals surface area contributed by atoms with E-state index in [1.807, 2.05) is 6.07 Å². The monoisotopic (exact) mass is 522 g/mol. The Labute approximate surface area is 220 Å². The second-order valence-electron chi connectivity index (χ2n) is 9.64. The van der Waals surface area contributed by atoms with E-state index in [0.29, 0.717) is 47.6 Å². The van der Waals surface area contributed by atoms with Crippen LogP contribution in [0.5, 0.6) is 5.75 Å². The van der Waals surface area contributed by atoms with Crippen LogP contribution < -0.4 is 15.4 Å². The molecule has 2 amide bonds. The largest absolute Gasteiger partial charge is 0.494 e. The lowest BCUT2D eigenvalue weighted by Gasteiger charge is -2.30. The molecular weight excluding hydrogens is 491 g/mol. The lowest BCUT2D eigenvalue weighted by Crippen LogP contribution is -2.33. The number of nitrogens with zero attached hydrogens (tertiary/aromatic N) is 4. The van der Waals surface area contributed by atoms with E-state index >= 15 is 0 Å². The molecule has 10 nitrogen and oxygen atoms in total. The van der Waals surface area contributed by atoms with Gasteiger partial charge in [0, 0.05) is 19.5 Å². The zero-order valence-electron chi connectivity index (χ0n) is 21.5. The Balaban J connectivity index is 1.30. The molecule has 1 fully saturated rings. The second kappa shape index (κ2) is 12.4. The molecule has 11 heteroatoms. The van der Waals surface area contributed by atoms with Gasteiger partial charge in [0.15, 0.2) is 11.6 Å². The average Bonchev–Trinajstić information content (AvgIpc) is 3.42. The van der Waals surface area contributed by atoms with E-state index in [9.17, 15) is 14.0 Å². The average molecular weight is 523 g/mol. The van der Waals surface area contributed by atoms with Crippen molar-refractivity contribution in [2.45, 2.75) is 58.1 Å². The number of rotatable bonds is 9. The van der Waals surface area contributed by atoms with Crippen molar-refractivity contribution in [1.29, 1.82) is 5.26 Å². The highest BCUT2D eigenvalue weighted by Crippen LogP contribution is 2.35. The van der Waals surface area contributed by atoms with Crippen molar-refractivity contribution in [3.63, 3.8) is 0 Å². The molecular formula is C27H31FN6O4. The van der Waals surface area contributed by atoms with Crippen LogP contribution in [0.15, 0.2) is 29.4 Å². The van der Waals surface area contributed by atoms with Crippen molar-refractivity contribution in [2.75, 3.05) is 13.7 Å². The minimum atomic E-state index is -0.468. The zero-order valence-corrected chi connectivity index (χ0v) is 21.5. The summed E-state index contributed by atoms with van der Waals surface area (Å²) in [6.07, 6.45) is 4.32. The maximum absolute atomic E-state index is 13.6. The van der Waals surface area contributed by atoms with Crippen molar-refractivity contribution in [3.05, 3.63) is 52.9 Å². The van der Waals surface area contributed by atoms with E-state index in [4.69, 9.17) is 14.8 Å². The summed E-state index contributed by atoms with van der Waals surface area (Å²) in [7, 11) is 1.39. The number of nitrogens with one attached hydrogen (secondary N) is 2. The maximum atomic E-state index is 13.6. The predicted octanol–water partition coefficient (Wildman–Crippen LogP) is 3.19. The fourth-order valence-corrected chi connectivity index (χ4v) is 4.88. The van der Waals surface area contributed by atoms with Crippen molar-refractivity contribution in [2.24, 2.45) is 17.0 Å². The van der Waals surface area contributed by atoms with Crippen LogP contribution in [-0.4, -0.2) is 47.3 Å². The first-order valence-corrected chi connectivity index (χ1v) is 12.7. The highest BCUT2D eigenvalue weighted by Gasteiger charge is 2.34. The standard InChI is InChI=1S/C27H31FN6O4/c1-16-32-21(12-23(33-16)27(36)31-15-18-5-8-20(28)25(11-18)37-2)22-13-24(38-34-22)19-6-3-17(4-7-19)14-30-26(35)9-10-29/h5,8,11-12,17,19,24H,3-4,6-7,9,13-15H2,1-2H3,(H,30,35)(H,31,36). The summed E-state index contributed by atoms with van der Waals surface area (Å²) < 4.78 is 18.6. The predicted molar refractivity (Wildman–Crippen MR) is 136 cm³/mol. The molecule has 1 atom stereocenters. The first-order chi connectivity index (χ1) is 18.4. The Kier molecular flexibility index (Phi) is 8.84. The SMILES string of the molecule is COc1cc(CNC(=O)c2cc(C3=NOC(C4CCC(CNC(=O)CC#N)CC4)C3)nc(C)n2)ccc1F. The Morgan fingerprint density at radius 1 is 1.18 bits per heavy atom. The third-order valence-electron chi connectivity index (χ3n) is 6.97. The molecule has 1 saturated carbocycles. The molecule has 0 spiro atoms. The number of amides is 2. The minimum Gasteiger partial charge on any atom is -0.494 e. The van der Waals surface area contributed by atoms with Crippen LogP contribution in [0.3, 0.4) is 0 Å². The van der Waals surface area contributed by atoms with Crippen molar-refractivity contribution < 1.29 is 23.6 Å². The van der Waals surface area contributed by atoms with Crippen molar-refractivity contribution in [3.8, 4) is 11.8 Å². The van der Waals surface area contributed by atoms with Gasteiger partial charge < -0.3 is 20.2 Å². The molecule has 2 aromatic rings. The molecule has 2 N–H and O–H groups in total.